The monoisotopic (exact) mass is 233 g/mol. The van der Waals surface area contributed by atoms with Gasteiger partial charge < -0.3 is 15.5 Å². The van der Waals surface area contributed by atoms with Crippen molar-refractivity contribution in [3.05, 3.63) is 29.8 Å². The Morgan fingerprint density at radius 3 is 3.06 bits per heavy atom. The van der Waals surface area contributed by atoms with E-state index < -0.39 is 0 Å². The number of nitrogens with one attached hydrogen (secondary N) is 2. The molecule has 4 nitrogen and oxygen atoms in total. The van der Waals surface area contributed by atoms with Gasteiger partial charge in [-0.05, 0) is 31.7 Å². The van der Waals surface area contributed by atoms with E-state index in [1.165, 1.54) is 5.56 Å². The SMILES string of the molecule is CNCC1C(=O)NCCN1c1cccc(C)c1. The van der Waals surface area contributed by atoms with E-state index in [-0.39, 0.29) is 11.9 Å². The number of carbonyl (C=O) groups excluding carboxylic acids is 1. The molecule has 0 radical (unpaired) electrons. The van der Waals surface area contributed by atoms with Gasteiger partial charge in [-0.15, -0.1) is 0 Å². The summed E-state index contributed by atoms with van der Waals surface area (Å²) in [5.41, 5.74) is 2.34. The van der Waals surface area contributed by atoms with Crippen LogP contribution in [0.2, 0.25) is 0 Å². The van der Waals surface area contributed by atoms with Crippen LogP contribution in [0.15, 0.2) is 24.3 Å². The van der Waals surface area contributed by atoms with Crippen LogP contribution in [-0.2, 0) is 4.79 Å². The van der Waals surface area contributed by atoms with Gasteiger partial charge in [0, 0.05) is 25.3 Å². The standard InChI is InChI=1S/C13H19N3O/c1-10-4-3-5-11(8-10)16-7-6-15-13(17)12(16)9-14-2/h3-5,8,12,14H,6-7,9H2,1-2H3,(H,15,17). The molecule has 1 amide bonds. The smallest absolute Gasteiger partial charge is 0.244 e. The van der Waals surface area contributed by atoms with E-state index in [2.05, 4.69) is 40.7 Å². The highest BCUT2D eigenvalue weighted by Gasteiger charge is 2.28. The largest absolute Gasteiger partial charge is 0.357 e. The second kappa shape index (κ2) is 5.19. The van der Waals surface area contributed by atoms with Crippen LogP contribution in [0.5, 0.6) is 0 Å². The predicted octanol–water partition coefficient (Wildman–Crippen LogP) is 0.519. The Morgan fingerprint density at radius 1 is 1.53 bits per heavy atom. The van der Waals surface area contributed by atoms with E-state index in [0.29, 0.717) is 13.1 Å². The van der Waals surface area contributed by atoms with E-state index in [0.717, 1.165) is 12.2 Å². The Hall–Kier alpha value is -1.55. The maximum atomic E-state index is 11.9. The molecule has 1 fully saturated rings. The number of aryl methyl sites for hydroxylation is 1. The van der Waals surface area contributed by atoms with E-state index in [4.69, 9.17) is 0 Å². The Bertz CT molecular complexity index is 405. The first-order chi connectivity index (χ1) is 8.22. The van der Waals surface area contributed by atoms with Crippen molar-refractivity contribution in [2.45, 2.75) is 13.0 Å². The molecule has 0 aromatic heterocycles. The maximum absolute atomic E-state index is 11.9. The Balaban J connectivity index is 2.24. The predicted molar refractivity (Wildman–Crippen MR) is 69.2 cm³/mol. The number of anilines is 1. The Labute approximate surface area is 102 Å². The Morgan fingerprint density at radius 2 is 2.35 bits per heavy atom. The lowest BCUT2D eigenvalue weighted by atomic mass is 10.1. The fourth-order valence-corrected chi connectivity index (χ4v) is 2.23. The molecule has 1 unspecified atom stereocenters. The lowest BCUT2D eigenvalue weighted by Crippen LogP contribution is -2.58. The summed E-state index contributed by atoms with van der Waals surface area (Å²) in [5.74, 6) is 0.104. The summed E-state index contributed by atoms with van der Waals surface area (Å²) < 4.78 is 0. The van der Waals surface area contributed by atoms with Crippen molar-refractivity contribution in [1.82, 2.24) is 10.6 Å². The van der Waals surface area contributed by atoms with E-state index in [9.17, 15) is 4.79 Å². The molecule has 2 rings (SSSR count). The molecule has 92 valence electrons. The topological polar surface area (TPSA) is 44.4 Å². The van der Waals surface area contributed by atoms with E-state index in [1.807, 2.05) is 13.1 Å². The summed E-state index contributed by atoms with van der Waals surface area (Å²) in [5, 5.41) is 5.99. The van der Waals surface area contributed by atoms with Crippen LogP contribution in [0.3, 0.4) is 0 Å². The van der Waals surface area contributed by atoms with Gasteiger partial charge in [0.2, 0.25) is 5.91 Å². The highest BCUT2D eigenvalue weighted by atomic mass is 16.2. The molecular weight excluding hydrogens is 214 g/mol. The van der Waals surface area contributed by atoms with Crippen LogP contribution >= 0.6 is 0 Å². The molecule has 1 atom stereocenters. The van der Waals surface area contributed by atoms with Crippen molar-refractivity contribution in [3.8, 4) is 0 Å². The van der Waals surface area contributed by atoms with Crippen molar-refractivity contribution in [3.63, 3.8) is 0 Å². The lowest BCUT2D eigenvalue weighted by molar-refractivity contribution is -0.123. The molecule has 0 bridgehead atoms. The number of likely N-dealkylation sites (N-methyl/N-ethyl adjacent to an activating group) is 1. The average molecular weight is 233 g/mol. The zero-order valence-corrected chi connectivity index (χ0v) is 10.4. The molecule has 1 heterocycles. The number of rotatable bonds is 3. The van der Waals surface area contributed by atoms with Crippen LogP contribution in [0.4, 0.5) is 5.69 Å². The third kappa shape index (κ3) is 2.58. The highest BCUT2D eigenvalue weighted by molar-refractivity contribution is 5.86. The van der Waals surface area contributed by atoms with Crippen LogP contribution < -0.4 is 15.5 Å². The quantitative estimate of drug-likeness (QED) is 0.800. The minimum Gasteiger partial charge on any atom is -0.357 e. The number of hydrogen-bond acceptors (Lipinski definition) is 3. The van der Waals surface area contributed by atoms with Crippen molar-refractivity contribution < 1.29 is 4.79 Å². The first kappa shape index (κ1) is 11.9. The first-order valence-corrected chi connectivity index (χ1v) is 5.98. The summed E-state index contributed by atoms with van der Waals surface area (Å²) in [6, 6.07) is 8.18. The molecule has 1 aliphatic heterocycles. The summed E-state index contributed by atoms with van der Waals surface area (Å²) >= 11 is 0. The summed E-state index contributed by atoms with van der Waals surface area (Å²) in [6.45, 7) is 4.31. The molecule has 0 spiro atoms. The first-order valence-electron chi connectivity index (χ1n) is 5.98. The van der Waals surface area contributed by atoms with Crippen molar-refractivity contribution in [1.29, 1.82) is 0 Å². The third-order valence-electron chi connectivity index (χ3n) is 3.06. The van der Waals surface area contributed by atoms with E-state index >= 15 is 0 Å². The van der Waals surface area contributed by atoms with Gasteiger partial charge in [0.15, 0.2) is 0 Å². The number of benzene rings is 1. The number of amides is 1. The molecule has 4 heteroatoms. The van der Waals surface area contributed by atoms with Gasteiger partial charge in [-0.25, -0.2) is 0 Å². The van der Waals surface area contributed by atoms with E-state index in [1.54, 1.807) is 0 Å². The minimum absolute atomic E-state index is 0.104. The number of hydrogen-bond donors (Lipinski definition) is 2. The lowest BCUT2D eigenvalue weighted by Gasteiger charge is -2.36. The minimum atomic E-state index is -0.115. The van der Waals surface area contributed by atoms with Gasteiger partial charge in [-0.2, -0.15) is 0 Å². The van der Waals surface area contributed by atoms with Gasteiger partial charge in [-0.3, -0.25) is 4.79 Å². The van der Waals surface area contributed by atoms with Gasteiger partial charge >= 0.3 is 0 Å². The van der Waals surface area contributed by atoms with Gasteiger partial charge in [0.1, 0.15) is 6.04 Å². The zero-order valence-electron chi connectivity index (χ0n) is 10.4. The Kier molecular flexibility index (Phi) is 3.64. The van der Waals surface area contributed by atoms with Crippen LogP contribution in [-0.4, -0.2) is 38.6 Å². The van der Waals surface area contributed by atoms with Gasteiger partial charge in [-0.1, -0.05) is 12.1 Å². The van der Waals surface area contributed by atoms with Crippen molar-refractivity contribution >= 4 is 11.6 Å². The molecule has 1 aromatic rings. The van der Waals surface area contributed by atoms with Gasteiger partial charge in [0.25, 0.3) is 0 Å². The number of nitrogens with zero attached hydrogens (tertiary/aromatic N) is 1. The fraction of sp³-hybridized carbons (Fsp3) is 0.462. The average Bonchev–Trinajstić information content (AvgIpc) is 2.32. The van der Waals surface area contributed by atoms with Crippen LogP contribution in [0.25, 0.3) is 0 Å². The van der Waals surface area contributed by atoms with Gasteiger partial charge in [0.05, 0.1) is 0 Å². The molecule has 1 aliphatic rings. The van der Waals surface area contributed by atoms with Crippen LogP contribution in [0.1, 0.15) is 5.56 Å². The molecule has 1 saturated heterocycles. The third-order valence-corrected chi connectivity index (χ3v) is 3.06. The summed E-state index contributed by atoms with van der Waals surface area (Å²) in [7, 11) is 1.87. The molecule has 0 saturated carbocycles. The maximum Gasteiger partial charge on any atom is 0.244 e. The summed E-state index contributed by atoms with van der Waals surface area (Å²) in [4.78, 5) is 14.0. The summed E-state index contributed by atoms with van der Waals surface area (Å²) in [6.07, 6.45) is 0. The molecule has 2 N–H and O–H groups in total. The molecule has 1 aromatic carbocycles. The number of piperazine rings is 1. The van der Waals surface area contributed by atoms with Crippen molar-refractivity contribution in [2.24, 2.45) is 0 Å². The number of carbonyl (C=O) groups is 1. The van der Waals surface area contributed by atoms with Crippen LogP contribution in [0, 0.1) is 6.92 Å². The fourth-order valence-electron chi connectivity index (χ4n) is 2.23. The second-order valence-electron chi connectivity index (χ2n) is 4.40. The zero-order chi connectivity index (χ0) is 12.3. The highest BCUT2D eigenvalue weighted by Crippen LogP contribution is 2.19. The molecule has 0 aliphatic carbocycles. The second-order valence-corrected chi connectivity index (χ2v) is 4.40. The molecular formula is C13H19N3O. The van der Waals surface area contributed by atoms with Crippen molar-refractivity contribution in [2.75, 3.05) is 31.6 Å². The molecule has 17 heavy (non-hydrogen) atoms. The normalized spacial score (nSPS) is 20.2.